The smallest absolute Gasteiger partial charge is 0.410 e. The van der Waals surface area contributed by atoms with E-state index >= 15 is 0 Å². The van der Waals surface area contributed by atoms with Crippen LogP contribution in [-0.2, 0) is 36.9 Å². The number of carbonyl (C=O) groups excluding carboxylic acids is 4. The molecule has 2 fully saturated rings. The molecule has 4 rings (SSSR count). The lowest BCUT2D eigenvalue weighted by Crippen LogP contribution is -2.53. The molecule has 0 unspecified atom stereocenters. The maximum atomic E-state index is 12.8. The summed E-state index contributed by atoms with van der Waals surface area (Å²) < 4.78 is 10.4. The molecule has 9 heteroatoms. The Kier molecular flexibility index (Phi) is 6.01. The number of ketones is 1. The fraction of sp³-hybridized carbons (Fsp3) is 0.478. The summed E-state index contributed by atoms with van der Waals surface area (Å²) in [5, 5.41) is 5.75. The summed E-state index contributed by atoms with van der Waals surface area (Å²) >= 11 is 0. The van der Waals surface area contributed by atoms with Gasteiger partial charge in [0, 0.05) is 32.0 Å². The molecule has 9 nitrogen and oxygen atoms in total. The number of fused-ring (bicyclic) bond motifs is 1. The zero-order valence-electron chi connectivity index (χ0n) is 18.0. The highest BCUT2D eigenvalue weighted by Gasteiger charge is 2.62. The van der Waals surface area contributed by atoms with Gasteiger partial charge in [0.25, 0.3) is 5.78 Å². The second-order valence-electron chi connectivity index (χ2n) is 8.38. The maximum Gasteiger partial charge on any atom is 0.410 e. The highest BCUT2D eigenvalue weighted by Crippen LogP contribution is 2.45. The van der Waals surface area contributed by atoms with Gasteiger partial charge in [0.05, 0.1) is 12.6 Å². The second-order valence-corrected chi connectivity index (χ2v) is 8.38. The molecule has 1 saturated heterocycles. The van der Waals surface area contributed by atoms with Crippen molar-refractivity contribution in [1.29, 1.82) is 0 Å². The van der Waals surface area contributed by atoms with E-state index < -0.39 is 41.4 Å². The number of carbonyl (C=O) groups is 4. The first-order valence-corrected chi connectivity index (χ1v) is 10.8. The first-order valence-electron chi connectivity index (χ1n) is 10.8. The zero-order chi connectivity index (χ0) is 22.9. The first-order chi connectivity index (χ1) is 15.4. The molecule has 1 aromatic rings. The van der Waals surface area contributed by atoms with Crippen molar-refractivity contribution in [3.63, 3.8) is 0 Å². The number of esters is 1. The summed E-state index contributed by atoms with van der Waals surface area (Å²) in [5.74, 6) is -2.48. The van der Waals surface area contributed by atoms with Crippen LogP contribution in [0.4, 0.5) is 4.79 Å². The van der Waals surface area contributed by atoms with Crippen LogP contribution < -0.4 is 10.6 Å². The number of amides is 2. The molecule has 32 heavy (non-hydrogen) atoms. The van der Waals surface area contributed by atoms with Crippen LogP contribution in [-0.4, -0.2) is 59.5 Å². The largest absolute Gasteiger partial charge is 0.460 e. The molecule has 1 aliphatic carbocycles. The van der Waals surface area contributed by atoms with E-state index in [2.05, 4.69) is 17.2 Å². The average Bonchev–Trinajstić information content (AvgIpc) is 3.12. The minimum absolute atomic E-state index is 0.0761. The van der Waals surface area contributed by atoms with E-state index in [0.29, 0.717) is 26.1 Å². The number of nitrogens with one attached hydrogen (secondary N) is 2. The lowest BCUT2D eigenvalue weighted by molar-refractivity contribution is -0.155. The van der Waals surface area contributed by atoms with Gasteiger partial charge in [-0.1, -0.05) is 30.3 Å². The van der Waals surface area contributed by atoms with Gasteiger partial charge in [0.2, 0.25) is 5.91 Å². The van der Waals surface area contributed by atoms with Gasteiger partial charge < -0.3 is 20.1 Å². The van der Waals surface area contributed by atoms with E-state index in [9.17, 15) is 19.2 Å². The Bertz CT molecular complexity index is 938. The van der Waals surface area contributed by atoms with Crippen LogP contribution in [0.3, 0.4) is 0 Å². The molecule has 0 spiro atoms. The second kappa shape index (κ2) is 8.74. The molecule has 2 heterocycles. The van der Waals surface area contributed by atoms with Crippen LogP contribution in [0.1, 0.15) is 30.9 Å². The molecule has 4 atom stereocenters. The van der Waals surface area contributed by atoms with Gasteiger partial charge in [-0.3, -0.25) is 14.5 Å². The molecule has 0 aromatic heterocycles. The van der Waals surface area contributed by atoms with Crippen LogP contribution >= 0.6 is 0 Å². The van der Waals surface area contributed by atoms with Crippen LogP contribution in [0.2, 0.25) is 0 Å². The Morgan fingerprint density at radius 2 is 1.94 bits per heavy atom. The summed E-state index contributed by atoms with van der Waals surface area (Å²) in [6.07, 6.45) is 1.25. The average molecular weight is 441 g/mol. The SMILES string of the molecule is C=C[C@@H]1C[C@]1(NC(=O)[C@@H]1C[C@@H](OC(=O)N2Cc3ccccc3C2)CN1)C(=O)C(=O)OCC. The molecule has 2 N–H and O–H groups in total. The molecule has 1 aromatic carbocycles. The number of benzene rings is 1. The Balaban J connectivity index is 1.31. The van der Waals surface area contributed by atoms with E-state index in [0.717, 1.165) is 11.1 Å². The summed E-state index contributed by atoms with van der Waals surface area (Å²) in [5.41, 5.74) is 0.899. The van der Waals surface area contributed by atoms with Crippen molar-refractivity contribution >= 4 is 23.8 Å². The van der Waals surface area contributed by atoms with Gasteiger partial charge in [-0.05, 0) is 24.5 Å². The van der Waals surface area contributed by atoms with Crippen molar-refractivity contribution < 1.29 is 28.7 Å². The van der Waals surface area contributed by atoms with Crippen molar-refractivity contribution in [1.82, 2.24) is 15.5 Å². The Labute approximate surface area is 186 Å². The number of nitrogens with zero attached hydrogens (tertiary/aromatic N) is 1. The Morgan fingerprint density at radius 1 is 1.25 bits per heavy atom. The van der Waals surface area contributed by atoms with Crippen molar-refractivity contribution in [3.8, 4) is 0 Å². The molecule has 0 radical (unpaired) electrons. The molecule has 3 aliphatic rings. The normalized spacial score (nSPS) is 27.9. The first kappa shape index (κ1) is 22.0. The summed E-state index contributed by atoms with van der Waals surface area (Å²) in [6.45, 7) is 6.69. The fourth-order valence-corrected chi connectivity index (χ4v) is 4.39. The monoisotopic (exact) mass is 441 g/mol. The van der Waals surface area contributed by atoms with Gasteiger partial charge in [-0.25, -0.2) is 9.59 Å². The van der Waals surface area contributed by atoms with E-state index in [1.807, 2.05) is 24.3 Å². The van der Waals surface area contributed by atoms with Crippen molar-refractivity contribution in [2.24, 2.45) is 5.92 Å². The third-order valence-corrected chi connectivity index (χ3v) is 6.29. The summed E-state index contributed by atoms with van der Waals surface area (Å²) in [4.78, 5) is 51.5. The highest BCUT2D eigenvalue weighted by molar-refractivity contribution is 6.38. The molecule has 2 amide bonds. The van der Waals surface area contributed by atoms with Crippen LogP contribution in [0, 0.1) is 5.92 Å². The standard InChI is InChI=1S/C23H27N3O6/c1-3-16-10-23(16,19(27)21(29)31-4-2)25-20(28)18-9-17(11-24-18)32-22(30)26-12-14-7-5-6-8-15(14)13-26/h3,5-8,16-18,24H,1,4,9-13H2,2H3,(H,25,28)/t16-,17-,18+,23-/m1/s1. The van der Waals surface area contributed by atoms with E-state index in [4.69, 9.17) is 9.47 Å². The van der Waals surface area contributed by atoms with Gasteiger partial charge in [-0.2, -0.15) is 0 Å². The van der Waals surface area contributed by atoms with Crippen molar-refractivity contribution in [2.45, 2.75) is 50.5 Å². The number of ether oxygens (including phenoxy) is 2. The maximum absolute atomic E-state index is 12.8. The van der Waals surface area contributed by atoms with Gasteiger partial charge in [0.15, 0.2) is 0 Å². The van der Waals surface area contributed by atoms with E-state index in [-0.39, 0.29) is 18.9 Å². The Hall–Kier alpha value is -3.20. The molecule has 2 aliphatic heterocycles. The molecule has 1 saturated carbocycles. The van der Waals surface area contributed by atoms with E-state index in [1.54, 1.807) is 17.9 Å². The van der Waals surface area contributed by atoms with Crippen LogP contribution in [0.15, 0.2) is 36.9 Å². The van der Waals surface area contributed by atoms with Crippen molar-refractivity contribution in [2.75, 3.05) is 13.2 Å². The predicted octanol–water partition coefficient (Wildman–Crippen LogP) is 1.06. The topological polar surface area (TPSA) is 114 Å². The minimum atomic E-state index is -1.30. The molecular formula is C23H27N3O6. The number of Topliss-reactive ketones (excluding diaryl/α,β-unsaturated/α-hetero) is 1. The van der Waals surface area contributed by atoms with Gasteiger partial charge >= 0.3 is 12.1 Å². The lowest BCUT2D eigenvalue weighted by atomic mass is 10.1. The molecule has 170 valence electrons. The third kappa shape index (κ3) is 4.12. The molecular weight excluding hydrogens is 414 g/mol. The van der Waals surface area contributed by atoms with Gasteiger partial charge in [-0.15, -0.1) is 6.58 Å². The summed E-state index contributed by atoms with van der Waals surface area (Å²) in [7, 11) is 0. The zero-order valence-corrected chi connectivity index (χ0v) is 18.0. The number of hydrogen-bond donors (Lipinski definition) is 2. The van der Waals surface area contributed by atoms with Crippen LogP contribution in [0.25, 0.3) is 0 Å². The molecule has 0 bridgehead atoms. The minimum Gasteiger partial charge on any atom is -0.460 e. The quantitative estimate of drug-likeness (QED) is 0.369. The fourth-order valence-electron chi connectivity index (χ4n) is 4.39. The number of hydrogen-bond acceptors (Lipinski definition) is 7. The number of rotatable bonds is 7. The van der Waals surface area contributed by atoms with E-state index in [1.165, 1.54) is 0 Å². The third-order valence-electron chi connectivity index (χ3n) is 6.29. The van der Waals surface area contributed by atoms with Gasteiger partial charge in [0.1, 0.15) is 11.6 Å². The lowest BCUT2D eigenvalue weighted by Gasteiger charge is -2.20. The summed E-state index contributed by atoms with van der Waals surface area (Å²) in [6, 6.07) is 7.22. The van der Waals surface area contributed by atoms with Crippen molar-refractivity contribution in [3.05, 3.63) is 48.0 Å². The Morgan fingerprint density at radius 3 is 2.53 bits per heavy atom. The highest BCUT2D eigenvalue weighted by atomic mass is 16.6. The predicted molar refractivity (Wildman–Crippen MR) is 113 cm³/mol. The van der Waals surface area contributed by atoms with Crippen LogP contribution in [0.5, 0.6) is 0 Å².